The zero-order chi connectivity index (χ0) is 10.0. The summed E-state index contributed by atoms with van der Waals surface area (Å²) in [5.41, 5.74) is -0.456. The van der Waals surface area contributed by atoms with E-state index in [1.54, 1.807) is 11.3 Å². The summed E-state index contributed by atoms with van der Waals surface area (Å²) in [7, 11) is 0. The van der Waals surface area contributed by atoms with E-state index in [2.05, 4.69) is 24.4 Å². The van der Waals surface area contributed by atoms with Gasteiger partial charge in [0.25, 0.3) is 0 Å². The van der Waals surface area contributed by atoms with Gasteiger partial charge < -0.3 is 10.4 Å². The molecule has 2 N–H and O–H groups in total. The Hall–Kier alpha value is -0.380. The van der Waals surface area contributed by atoms with Crippen molar-refractivity contribution in [2.24, 2.45) is 0 Å². The van der Waals surface area contributed by atoms with E-state index in [1.807, 2.05) is 0 Å². The van der Waals surface area contributed by atoms with Gasteiger partial charge in [-0.1, -0.05) is 0 Å². The number of hydrogen-bond donors (Lipinski definition) is 2. The smallest absolute Gasteiger partial charge is 0.0720 e. The van der Waals surface area contributed by atoms with Crippen molar-refractivity contribution in [2.75, 3.05) is 13.1 Å². The summed E-state index contributed by atoms with van der Waals surface area (Å²) in [5, 5.41) is 13.6. The lowest BCUT2D eigenvalue weighted by Crippen LogP contribution is -2.43. The van der Waals surface area contributed by atoms with Crippen LogP contribution in [0, 0.1) is 6.92 Å². The lowest BCUT2D eigenvalue weighted by Gasteiger charge is -2.32. The molecule has 1 saturated heterocycles. The first kappa shape index (κ1) is 10.1. The standard InChI is InChI=1S/C11H17NOS/c1-9-2-3-10(14-9)8-11(13)4-6-12-7-5-11/h2-3,12-13H,4-8H2,1H3. The molecular weight excluding hydrogens is 194 g/mol. The van der Waals surface area contributed by atoms with Gasteiger partial charge >= 0.3 is 0 Å². The molecule has 0 unspecified atom stereocenters. The van der Waals surface area contributed by atoms with Gasteiger partial charge in [-0.3, -0.25) is 0 Å². The molecule has 14 heavy (non-hydrogen) atoms. The van der Waals surface area contributed by atoms with E-state index in [4.69, 9.17) is 0 Å². The fourth-order valence-corrected chi connectivity index (χ4v) is 3.00. The Kier molecular flexibility index (Phi) is 2.91. The lowest BCUT2D eigenvalue weighted by atomic mass is 9.88. The fraction of sp³-hybridized carbons (Fsp3) is 0.636. The molecule has 2 rings (SSSR count). The first-order chi connectivity index (χ1) is 6.68. The molecule has 1 aromatic rings. The van der Waals surface area contributed by atoms with Crippen LogP contribution in [0.1, 0.15) is 22.6 Å². The van der Waals surface area contributed by atoms with Gasteiger partial charge in [-0.15, -0.1) is 11.3 Å². The Bertz CT molecular complexity index is 302. The molecule has 0 spiro atoms. The van der Waals surface area contributed by atoms with Crippen LogP contribution in [0.5, 0.6) is 0 Å². The number of piperidine rings is 1. The number of rotatable bonds is 2. The summed E-state index contributed by atoms with van der Waals surface area (Å²) in [5.74, 6) is 0. The molecule has 0 amide bonds. The van der Waals surface area contributed by atoms with Gasteiger partial charge in [0.05, 0.1) is 5.60 Å². The Morgan fingerprint density at radius 2 is 2.14 bits per heavy atom. The van der Waals surface area contributed by atoms with E-state index in [0.717, 1.165) is 32.4 Å². The fourth-order valence-electron chi connectivity index (χ4n) is 1.97. The lowest BCUT2D eigenvalue weighted by molar-refractivity contribution is 0.0116. The minimum atomic E-state index is -0.456. The molecule has 0 aliphatic carbocycles. The number of thiophene rings is 1. The van der Waals surface area contributed by atoms with Crippen molar-refractivity contribution in [2.45, 2.75) is 31.8 Å². The van der Waals surface area contributed by atoms with Crippen molar-refractivity contribution in [3.05, 3.63) is 21.9 Å². The van der Waals surface area contributed by atoms with Crippen LogP contribution in [0.15, 0.2) is 12.1 Å². The number of hydrogen-bond acceptors (Lipinski definition) is 3. The first-order valence-corrected chi connectivity index (χ1v) is 5.98. The average Bonchev–Trinajstić information content (AvgIpc) is 2.51. The van der Waals surface area contributed by atoms with Crippen LogP contribution in [0.3, 0.4) is 0 Å². The molecule has 0 bridgehead atoms. The number of nitrogens with one attached hydrogen (secondary N) is 1. The Morgan fingerprint density at radius 3 is 2.71 bits per heavy atom. The van der Waals surface area contributed by atoms with Gasteiger partial charge in [0.1, 0.15) is 0 Å². The molecular formula is C11H17NOS. The van der Waals surface area contributed by atoms with Crippen molar-refractivity contribution in [1.29, 1.82) is 0 Å². The molecule has 0 saturated carbocycles. The summed E-state index contributed by atoms with van der Waals surface area (Å²) in [6.45, 7) is 4.00. The topological polar surface area (TPSA) is 32.3 Å². The highest BCUT2D eigenvalue weighted by Crippen LogP contribution is 2.26. The third kappa shape index (κ3) is 2.35. The molecule has 1 fully saturated rings. The molecule has 0 aromatic carbocycles. The Labute approximate surface area is 89.0 Å². The minimum absolute atomic E-state index is 0.456. The summed E-state index contributed by atoms with van der Waals surface area (Å²) in [6.07, 6.45) is 2.58. The second kappa shape index (κ2) is 4.01. The monoisotopic (exact) mass is 211 g/mol. The summed E-state index contributed by atoms with van der Waals surface area (Å²) >= 11 is 1.80. The summed E-state index contributed by atoms with van der Waals surface area (Å²) in [4.78, 5) is 2.64. The van der Waals surface area contributed by atoms with E-state index in [1.165, 1.54) is 9.75 Å². The highest BCUT2D eigenvalue weighted by atomic mass is 32.1. The molecule has 0 radical (unpaired) electrons. The number of aliphatic hydroxyl groups is 1. The van der Waals surface area contributed by atoms with Crippen LogP contribution in [-0.4, -0.2) is 23.8 Å². The average molecular weight is 211 g/mol. The zero-order valence-electron chi connectivity index (χ0n) is 8.55. The van der Waals surface area contributed by atoms with E-state index >= 15 is 0 Å². The Morgan fingerprint density at radius 1 is 1.43 bits per heavy atom. The van der Waals surface area contributed by atoms with Gasteiger partial charge in [-0.25, -0.2) is 0 Å². The van der Waals surface area contributed by atoms with E-state index < -0.39 is 5.60 Å². The highest BCUT2D eigenvalue weighted by molar-refractivity contribution is 7.11. The summed E-state index contributed by atoms with van der Waals surface area (Å²) < 4.78 is 0. The SMILES string of the molecule is Cc1ccc(CC2(O)CCNCC2)s1. The van der Waals surface area contributed by atoms with Gasteiger partial charge in [-0.2, -0.15) is 0 Å². The van der Waals surface area contributed by atoms with Crippen molar-refractivity contribution in [3.8, 4) is 0 Å². The second-order valence-electron chi connectivity index (χ2n) is 4.16. The predicted molar refractivity (Wildman–Crippen MR) is 59.8 cm³/mol. The van der Waals surface area contributed by atoms with Crippen molar-refractivity contribution >= 4 is 11.3 Å². The third-order valence-corrected chi connectivity index (χ3v) is 3.83. The third-order valence-electron chi connectivity index (χ3n) is 2.83. The maximum absolute atomic E-state index is 10.3. The zero-order valence-corrected chi connectivity index (χ0v) is 9.36. The molecule has 2 nitrogen and oxygen atoms in total. The number of aryl methyl sites for hydroxylation is 1. The van der Waals surface area contributed by atoms with Gasteiger partial charge in [0, 0.05) is 16.2 Å². The summed E-state index contributed by atoms with van der Waals surface area (Å²) in [6, 6.07) is 4.27. The normalized spacial score (nSPS) is 21.0. The van der Waals surface area contributed by atoms with Gasteiger partial charge in [0.2, 0.25) is 0 Å². The molecule has 3 heteroatoms. The van der Waals surface area contributed by atoms with Gasteiger partial charge in [0.15, 0.2) is 0 Å². The van der Waals surface area contributed by atoms with Crippen LogP contribution >= 0.6 is 11.3 Å². The van der Waals surface area contributed by atoms with Crippen molar-refractivity contribution < 1.29 is 5.11 Å². The van der Waals surface area contributed by atoms with Crippen LogP contribution in [0.25, 0.3) is 0 Å². The second-order valence-corrected chi connectivity index (χ2v) is 5.54. The molecule has 0 atom stereocenters. The largest absolute Gasteiger partial charge is 0.389 e. The van der Waals surface area contributed by atoms with Crippen LogP contribution in [0.2, 0.25) is 0 Å². The van der Waals surface area contributed by atoms with Crippen LogP contribution in [0.4, 0.5) is 0 Å². The molecule has 78 valence electrons. The maximum atomic E-state index is 10.3. The first-order valence-electron chi connectivity index (χ1n) is 5.16. The Balaban J connectivity index is 2.01. The molecule has 1 aliphatic heterocycles. The van der Waals surface area contributed by atoms with Gasteiger partial charge in [-0.05, 0) is 45.0 Å². The highest BCUT2D eigenvalue weighted by Gasteiger charge is 2.29. The van der Waals surface area contributed by atoms with E-state index in [0.29, 0.717) is 0 Å². The van der Waals surface area contributed by atoms with Crippen molar-refractivity contribution in [1.82, 2.24) is 5.32 Å². The maximum Gasteiger partial charge on any atom is 0.0720 e. The van der Waals surface area contributed by atoms with Crippen molar-refractivity contribution in [3.63, 3.8) is 0 Å². The molecule has 2 heterocycles. The van der Waals surface area contributed by atoms with Crippen LogP contribution in [-0.2, 0) is 6.42 Å². The molecule has 1 aromatic heterocycles. The minimum Gasteiger partial charge on any atom is -0.389 e. The quantitative estimate of drug-likeness (QED) is 0.780. The predicted octanol–water partition coefficient (Wildman–Crippen LogP) is 1.71. The molecule has 1 aliphatic rings. The van der Waals surface area contributed by atoms with E-state index in [9.17, 15) is 5.11 Å². The van der Waals surface area contributed by atoms with E-state index in [-0.39, 0.29) is 0 Å². The van der Waals surface area contributed by atoms with Crippen LogP contribution < -0.4 is 5.32 Å².